The summed E-state index contributed by atoms with van der Waals surface area (Å²) in [5.74, 6) is -1.13. The molecule has 2 aromatic rings. The number of anilines is 1. The predicted molar refractivity (Wildman–Crippen MR) is 89.8 cm³/mol. The number of allylic oxidation sites excluding steroid dienone is 1. The molecule has 0 aliphatic carbocycles. The van der Waals surface area contributed by atoms with Crippen molar-refractivity contribution in [1.82, 2.24) is 5.32 Å². The lowest BCUT2D eigenvalue weighted by atomic mass is 10.1. The van der Waals surface area contributed by atoms with Gasteiger partial charge in [0.05, 0.1) is 6.54 Å². The van der Waals surface area contributed by atoms with Crippen molar-refractivity contribution < 1.29 is 19.1 Å². The summed E-state index contributed by atoms with van der Waals surface area (Å²) >= 11 is 0. The van der Waals surface area contributed by atoms with E-state index in [4.69, 9.17) is 5.11 Å². The van der Waals surface area contributed by atoms with E-state index in [0.717, 1.165) is 0 Å². The Bertz CT molecular complexity index is 770. The number of nitrogens with one attached hydrogen (secondary N) is 2. The van der Waals surface area contributed by atoms with E-state index in [9.17, 15) is 14.0 Å². The molecule has 2 amide bonds. The van der Waals surface area contributed by atoms with Gasteiger partial charge in [-0.1, -0.05) is 12.1 Å². The zero-order chi connectivity index (χ0) is 17.5. The first-order chi connectivity index (χ1) is 11.4. The normalized spacial score (nSPS) is 11.0. The number of rotatable bonds is 5. The highest BCUT2D eigenvalue weighted by atomic mass is 19.1. The van der Waals surface area contributed by atoms with Crippen LogP contribution >= 0.6 is 0 Å². The van der Waals surface area contributed by atoms with Gasteiger partial charge in [-0.05, 0) is 54.5 Å². The van der Waals surface area contributed by atoms with E-state index in [2.05, 4.69) is 10.6 Å². The molecule has 2 aromatic carbocycles. The number of hydrogen-bond donors (Lipinski definition) is 3. The molecule has 5 nitrogen and oxygen atoms in total. The number of phenols is 1. The van der Waals surface area contributed by atoms with Gasteiger partial charge in [0.25, 0.3) is 0 Å². The Morgan fingerprint density at radius 2 is 1.88 bits per heavy atom. The van der Waals surface area contributed by atoms with Gasteiger partial charge in [-0.15, -0.1) is 0 Å². The third kappa shape index (κ3) is 5.24. The summed E-state index contributed by atoms with van der Waals surface area (Å²) in [4.78, 5) is 23.6. The van der Waals surface area contributed by atoms with Crippen molar-refractivity contribution in [2.75, 3.05) is 11.9 Å². The zero-order valence-electron chi connectivity index (χ0n) is 13.0. The second-order valence-corrected chi connectivity index (χ2v) is 5.15. The fraction of sp³-hybridized carbons (Fsp3) is 0.111. The number of amides is 2. The Balaban J connectivity index is 1.87. The number of carbonyl (C=O) groups is 2. The summed E-state index contributed by atoms with van der Waals surface area (Å²) in [6, 6.07) is 11.9. The van der Waals surface area contributed by atoms with E-state index in [1.807, 2.05) is 0 Å². The minimum absolute atomic E-state index is 0.0965. The molecule has 124 valence electrons. The van der Waals surface area contributed by atoms with Crippen LogP contribution in [0, 0.1) is 5.82 Å². The summed E-state index contributed by atoms with van der Waals surface area (Å²) in [6.45, 7) is 1.48. The maximum Gasteiger partial charge on any atom is 0.244 e. The Hall–Kier alpha value is -3.15. The summed E-state index contributed by atoms with van der Waals surface area (Å²) in [7, 11) is 0. The quantitative estimate of drug-likeness (QED) is 0.583. The Morgan fingerprint density at radius 1 is 1.17 bits per heavy atom. The van der Waals surface area contributed by atoms with Gasteiger partial charge in [0.2, 0.25) is 11.8 Å². The average Bonchev–Trinajstić information content (AvgIpc) is 2.55. The number of benzene rings is 2. The van der Waals surface area contributed by atoms with Gasteiger partial charge in [0, 0.05) is 11.8 Å². The molecule has 6 heteroatoms. The largest absolute Gasteiger partial charge is 0.508 e. The first kappa shape index (κ1) is 17.2. The van der Waals surface area contributed by atoms with Crippen LogP contribution in [0.4, 0.5) is 10.1 Å². The molecule has 0 atom stereocenters. The maximum atomic E-state index is 13.2. The van der Waals surface area contributed by atoms with E-state index in [0.29, 0.717) is 16.8 Å². The number of aromatic hydroxyl groups is 1. The van der Waals surface area contributed by atoms with Crippen LogP contribution in [0.25, 0.3) is 5.57 Å². The third-order valence-corrected chi connectivity index (χ3v) is 3.20. The summed E-state index contributed by atoms with van der Waals surface area (Å²) < 4.78 is 13.2. The van der Waals surface area contributed by atoms with Crippen LogP contribution in [0.15, 0.2) is 54.6 Å². The van der Waals surface area contributed by atoms with Crippen molar-refractivity contribution in [2.45, 2.75) is 6.92 Å². The lowest BCUT2D eigenvalue weighted by Gasteiger charge is -2.06. The monoisotopic (exact) mass is 328 g/mol. The lowest BCUT2D eigenvalue weighted by Crippen LogP contribution is -2.31. The van der Waals surface area contributed by atoms with Gasteiger partial charge in [0.1, 0.15) is 11.6 Å². The van der Waals surface area contributed by atoms with Crippen LogP contribution in [0.5, 0.6) is 5.75 Å². The standard InChI is InChI=1S/C18H17FN2O3/c1-12(13-3-2-4-14(19)10-13)9-17(23)20-11-18(24)21-15-5-7-16(22)8-6-15/h2-10,22H,11H2,1H3,(H,20,23)(H,21,24)/b12-9+. The van der Waals surface area contributed by atoms with Crippen LogP contribution < -0.4 is 10.6 Å². The molecule has 0 aromatic heterocycles. The van der Waals surface area contributed by atoms with Crippen molar-refractivity contribution in [3.8, 4) is 5.75 Å². The van der Waals surface area contributed by atoms with Gasteiger partial charge in [0.15, 0.2) is 0 Å². The summed E-state index contributed by atoms with van der Waals surface area (Å²) in [5.41, 5.74) is 1.70. The van der Waals surface area contributed by atoms with Crippen LogP contribution in [-0.4, -0.2) is 23.5 Å². The highest BCUT2D eigenvalue weighted by Crippen LogP contribution is 2.15. The first-order valence-corrected chi connectivity index (χ1v) is 7.25. The molecule has 0 heterocycles. The Kier molecular flexibility index (Phi) is 5.68. The summed E-state index contributed by atoms with van der Waals surface area (Å²) in [5, 5.41) is 14.2. The minimum atomic E-state index is -0.447. The van der Waals surface area contributed by atoms with E-state index in [-0.39, 0.29) is 18.1 Å². The maximum absolute atomic E-state index is 13.2. The SMILES string of the molecule is C/C(=C\C(=O)NCC(=O)Nc1ccc(O)cc1)c1cccc(F)c1. The molecule has 0 bridgehead atoms. The molecule has 0 saturated heterocycles. The van der Waals surface area contributed by atoms with Crippen LogP contribution in [-0.2, 0) is 9.59 Å². The molecule has 0 fully saturated rings. The average molecular weight is 328 g/mol. The number of halogens is 1. The van der Waals surface area contributed by atoms with E-state index >= 15 is 0 Å². The van der Waals surface area contributed by atoms with Crippen molar-refractivity contribution >= 4 is 23.1 Å². The van der Waals surface area contributed by atoms with Gasteiger partial charge in [-0.25, -0.2) is 4.39 Å². The molecule has 0 radical (unpaired) electrons. The molecule has 2 rings (SSSR count). The van der Waals surface area contributed by atoms with E-state index in [1.54, 1.807) is 31.2 Å². The number of phenolic OH excluding ortho intramolecular Hbond substituents is 1. The van der Waals surface area contributed by atoms with Crippen molar-refractivity contribution in [3.05, 3.63) is 66.0 Å². The molecule has 3 N–H and O–H groups in total. The van der Waals surface area contributed by atoms with E-state index < -0.39 is 11.8 Å². The highest BCUT2D eigenvalue weighted by molar-refractivity contribution is 5.99. The topological polar surface area (TPSA) is 78.4 Å². The lowest BCUT2D eigenvalue weighted by molar-refractivity contribution is -0.121. The molecule has 0 spiro atoms. The highest BCUT2D eigenvalue weighted by Gasteiger charge is 2.06. The fourth-order valence-corrected chi connectivity index (χ4v) is 1.98. The molecular formula is C18H17FN2O3. The van der Waals surface area contributed by atoms with Gasteiger partial charge < -0.3 is 15.7 Å². The van der Waals surface area contributed by atoms with Gasteiger partial charge in [-0.3, -0.25) is 9.59 Å². The van der Waals surface area contributed by atoms with Gasteiger partial charge in [-0.2, -0.15) is 0 Å². The van der Waals surface area contributed by atoms with E-state index in [1.165, 1.54) is 30.3 Å². The third-order valence-electron chi connectivity index (χ3n) is 3.20. The second kappa shape index (κ2) is 7.92. The molecular weight excluding hydrogens is 311 g/mol. The fourth-order valence-electron chi connectivity index (χ4n) is 1.98. The predicted octanol–water partition coefficient (Wildman–Crippen LogP) is 2.69. The first-order valence-electron chi connectivity index (χ1n) is 7.25. The molecule has 0 unspecified atom stereocenters. The zero-order valence-corrected chi connectivity index (χ0v) is 13.0. The number of hydrogen-bond acceptors (Lipinski definition) is 3. The van der Waals surface area contributed by atoms with Crippen LogP contribution in [0.2, 0.25) is 0 Å². The van der Waals surface area contributed by atoms with Crippen molar-refractivity contribution in [2.24, 2.45) is 0 Å². The second-order valence-electron chi connectivity index (χ2n) is 5.15. The smallest absolute Gasteiger partial charge is 0.244 e. The molecule has 24 heavy (non-hydrogen) atoms. The summed E-state index contributed by atoms with van der Waals surface area (Å²) in [6.07, 6.45) is 1.31. The number of carbonyl (C=O) groups excluding carboxylic acids is 2. The van der Waals surface area contributed by atoms with Crippen LogP contribution in [0.1, 0.15) is 12.5 Å². The van der Waals surface area contributed by atoms with Crippen molar-refractivity contribution in [3.63, 3.8) is 0 Å². The van der Waals surface area contributed by atoms with Gasteiger partial charge >= 0.3 is 0 Å². The Morgan fingerprint density at radius 3 is 2.54 bits per heavy atom. The Labute approximate surface area is 138 Å². The molecule has 0 aliphatic heterocycles. The van der Waals surface area contributed by atoms with Crippen LogP contribution in [0.3, 0.4) is 0 Å². The molecule has 0 aliphatic rings. The molecule has 0 saturated carbocycles. The van der Waals surface area contributed by atoms with Crippen molar-refractivity contribution in [1.29, 1.82) is 0 Å². The minimum Gasteiger partial charge on any atom is -0.508 e.